The van der Waals surface area contributed by atoms with Gasteiger partial charge in [0, 0.05) is 5.54 Å². The van der Waals surface area contributed by atoms with E-state index in [0.29, 0.717) is 0 Å². The highest BCUT2D eigenvalue weighted by Crippen LogP contribution is 2.35. The molecule has 0 bridgehead atoms. The lowest BCUT2D eigenvalue weighted by Gasteiger charge is -2.38. The molecule has 0 spiro atoms. The largest absolute Gasteiger partial charge is 0.493 e. The molecule has 0 atom stereocenters. The Balaban J connectivity index is 2.27. The highest BCUT2D eigenvalue weighted by atomic mass is 16.5. The van der Waals surface area contributed by atoms with Crippen LogP contribution in [-0.2, 0) is 5.54 Å². The van der Waals surface area contributed by atoms with Gasteiger partial charge in [-0.1, -0.05) is 6.07 Å². The zero-order chi connectivity index (χ0) is 13.2. The predicted octanol–water partition coefficient (Wildman–Crippen LogP) is 1.58. The summed E-state index contributed by atoms with van der Waals surface area (Å²) in [5, 5.41) is 0. The van der Waals surface area contributed by atoms with E-state index in [9.17, 15) is 0 Å². The van der Waals surface area contributed by atoms with Crippen molar-refractivity contribution in [3.05, 3.63) is 23.8 Å². The molecule has 4 nitrogen and oxygen atoms in total. The number of likely N-dealkylation sites (tertiary alicyclic amines) is 1. The number of benzene rings is 1. The summed E-state index contributed by atoms with van der Waals surface area (Å²) in [6, 6.07) is 5.98. The lowest BCUT2D eigenvalue weighted by Crippen LogP contribution is -2.46. The lowest BCUT2D eigenvalue weighted by atomic mass is 9.82. The second-order valence-corrected chi connectivity index (χ2v) is 5.03. The van der Waals surface area contributed by atoms with Crippen molar-refractivity contribution < 1.29 is 9.47 Å². The van der Waals surface area contributed by atoms with E-state index in [0.717, 1.165) is 43.0 Å². The molecule has 1 aliphatic heterocycles. The summed E-state index contributed by atoms with van der Waals surface area (Å²) in [6.45, 7) is 2.07. The quantitative estimate of drug-likeness (QED) is 0.885. The number of nitrogens with two attached hydrogens (primary N) is 1. The minimum Gasteiger partial charge on any atom is -0.493 e. The van der Waals surface area contributed by atoms with E-state index in [2.05, 4.69) is 11.9 Å². The molecule has 1 fully saturated rings. The van der Waals surface area contributed by atoms with Crippen molar-refractivity contribution in [2.24, 2.45) is 5.73 Å². The Morgan fingerprint density at radius 3 is 2.28 bits per heavy atom. The number of rotatable bonds is 3. The summed E-state index contributed by atoms with van der Waals surface area (Å²) in [4.78, 5) is 2.31. The summed E-state index contributed by atoms with van der Waals surface area (Å²) in [5.74, 6) is 1.50. The van der Waals surface area contributed by atoms with Crippen LogP contribution in [0.5, 0.6) is 11.5 Å². The molecule has 100 valence electrons. The van der Waals surface area contributed by atoms with Crippen molar-refractivity contribution in [3.63, 3.8) is 0 Å². The maximum Gasteiger partial charge on any atom is 0.161 e. The molecule has 18 heavy (non-hydrogen) atoms. The third-order valence-electron chi connectivity index (χ3n) is 3.84. The van der Waals surface area contributed by atoms with Crippen LogP contribution >= 0.6 is 0 Å². The van der Waals surface area contributed by atoms with E-state index < -0.39 is 0 Å². The van der Waals surface area contributed by atoms with E-state index in [1.165, 1.54) is 0 Å². The van der Waals surface area contributed by atoms with Crippen LogP contribution in [0.25, 0.3) is 0 Å². The second-order valence-electron chi connectivity index (χ2n) is 5.03. The monoisotopic (exact) mass is 250 g/mol. The lowest BCUT2D eigenvalue weighted by molar-refractivity contribution is 0.191. The molecule has 0 radical (unpaired) electrons. The normalized spacial score (nSPS) is 19.6. The van der Waals surface area contributed by atoms with Gasteiger partial charge in [0.05, 0.1) is 14.2 Å². The van der Waals surface area contributed by atoms with Gasteiger partial charge in [-0.15, -0.1) is 0 Å². The second kappa shape index (κ2) is 5.16. The van der Waals surface area contributed by atoms with Crippen LogP contribution in [0.15, 0.2) is 18.2 Å². The summed E-state index contributed by atoms with van der Waals surface area (Å²) in [6.07, 6.45) is 1.94. The molecule has 2 rings (SSSR count). The van der Waals surface area contributed by atoms with Crippen LogP contribution in [-0.4, -0.2) is 39.3 Å². The van der Waals surface area contributed by atoms with Crippen molar-refractivity contribution in [2.45, 2.75) is 18.4 Å². The van der Waals surface area contributed by atoms with Gasteiger partial charge in [-0.2, -0.15) is 0 Å². The summed E-state index contributed by atoms with van der Waals surface area (Å²) in [7, 11) is 5.43. The van der Waals surface area contributed by atoms with Gasteiger partial charge in [0.25, 0.3) is 0 Å². The minimum atomic E-state index is -0.244. The first kappa shape index (κ1) is 13.2. The maximum atomic E-state index is 6.53. The number of hydrogen-bond donors (Lipinski definition) is 1. The van der Waals surface area contributed by atoms with E-state index in [1.807, 2.05) is 18.2 Å². The Morgan fingerprint density at radius 1 is 1.11 bits per heavy atom. The number of hydrogen-bond acceptors (Lipinski definition) is 4. The molecule has 0 aromatic heterocycles. The van der Waals surface area contributed by atoms with Gasteiger partial charge < -0.3 is 20.1 Å². The van der Waals surface area contributed by atoms with Crippen LogP contribution in [0.3, 0.4) is 0 Å². The molecular weight excluding hydrogens is 228 g/mol. The molecule has 0 unspecified atom stereocenters. The molecule has 1 saturated heterocycles. The van der Waals surface area contributed by atoms with Crippen LogP contribution in [0.4, 0.5) is 0 Å². The third kappa shape index (κ3) is 2.44. The molecule has 1 aromatic carbocycles. The minimum absolute atomic E-state index is 0.244. The van der Waals surface area contributed by atoms with Gasteiger partial charge in [-0.05, 0) is 50.7 Å². The average Bonchev–Trinajstić information content (AvgIpc) is 2.41. The van der Waals surface area contributed by atoms with E-state index in [4.69, 9.17) is 15.2 Å². The first-order chi connectivity index (χ1) is 8.59. The first-order valence-corrected chi connectivity index (χ1v) is 6.29. The highest BCUT2D eigenvalue weighted by Gasteiger charge is 2.31. The fourth-order valence-electron chi connectivity index (χ4n) is 2.45. The van der Waals surface area contributed by atoms with Crippen molar-refractivity contribution in [2.75, 3.05) is 34.4 Å². The molecule has 0 amide bonds. The zero-order valence-corrected chi connectivity index (χ0v) is 11.4. The van der Waals surface area contributed by atoms with E-state index in [1.54, 1.807) is 14.2 Å². The van der Waals surface area contributed by atoms with Crippen molar-refractivity contribution in [1.29, 1.82) is 0 Å². The average molecular weight is 250 g/mol. The Kier molecular flexibility index (Phi) is 3.78. The fourth-order valence-corrected chi connectivity index (χ4v) is 2.45. The van der Waals surface area contributed by atoms with Crippen LogP contribution in [0.1, 0.15) is 18.4 Å². The fraction of sp³-hybridized carbons (Fsp3) is 0.571. The predicted molar refractivity (Wildman–Crippen MR) is 72.1 cm³/mol. The molecule has 1 aromatic rings. The number of methoxy groups -OCH3 is 2. The molecule has 0 saturated carbocycles. The molecule has 2 N–H and O–H groups in total. The third-order valence-corrected chi connectivity index (χ3v) is 3.84. The summed E-state index contributed by atoms with van der Waals surface area (Å²) in [5.41, 5.74) is 7.42. The maximum absolute atomic E-state index is 6.53. The van der Waals surface area contributed by atoms with Gasteiger partial charge in [0.15, 0.2) is 11.5 Å². The Bertz CT molecular complexity index is 412. The molecule has 0 aliphatic carbocycles. The Labute approximate surface area is 109 Å². The van der Waals surface area contributed by atoms with Crippen LogP contribution < -0.4 is 15.2 Å². The van der Waals surface area contributed by atoms with Gasteiger partial charge in [0.1, 0.15) is 0 Å². The highest BCUT2D eigenvalue weighted by molar-refractivity contribution is 5.45. The Hall–Kier alpha value is -1.26. The zero-order valence-electron chi connectivity index (χ0n) is 11.4. The topological polar surface area (TPSA) is 47.7 Å². The van der Waals surface area contributed by atoms with Crippen LogP contribution in [0, 0.1) is 0 Å². The smallest absolute Gasteiger partial charge is 0.161 e. The van der Waals surface area contributed by atoms with Gasteiger partial charge in [-0.3, -0.25) is 0 Å². The molecule has 1 aliphatic rings. The van der Waals surface area contributed by atoms with Gasteiger partial charge >= 0.3 is 0 Å². The van der Waals surface area contributed by atoms with Crippen LogP contribution in [0.2, 0.25) is 0 Å². The van der Waals surface area contributed by atoms with E-state index >= 15 is 0 Å². The molecule has 1 heterocycles. The number of nitrogens with zero attached hydrogens (tertiary/aromatic N) is 1. The first-order valence-electron chi connectivity index (χ1n) is 6.29. The van der Waals surface area contributed by atoms with E-state index in [-0.39, 0.29) is 5.54 Å². The molecular formula is C14H22N2O2. The molecule has 4 heteroatoms. The van der Waals surface area contributed by atoms with Crippen molar-refractivity contribution in [3.8, 4) is 11.5 Å². The summed E-state index contributed by atoms with van der Waals surface area (Å²) >= 11 is 0. The number of piperidine rings is 1. The summed E-state index contributed by atoms with van der Waals surface area (Å²) < 4.78 is 10.6. The number of ether oxygens (including phenoxy) is 2. The van der Waals surface area contributed by atoms with Gasteiger partial charge in [-0.25, -0.2) is 0 Å². The Morgan fingerprint density at radius 2 is 1.72 bits per heavy atom. The standard InChI is InChI=1S/C14H22N2O2/c1-16-8-6-14(15,7-9-16)11-4-5-12(17-2)13(10-11)18-3/h4-5,10H,6-9,15H2,1-3H3. The van der Waals surface area contributed by atoms with Crippen molar-refractivity contribution in [1.82, 2.24) is 4.90 Å². The van der Waals surface area contributed by atoms with Gasteiger partial charge in [0.2, 0.25) is 0 Å². The van der Waals surface area contributed by atoms with Crippen molar-refractivity contribution >= 4 is 0 Å². The SMILES string of the molecule is COc1ccc(C2(N)CCN(C)CC2)cc1OC.